The Morgan fingerprint density at radius 3 is 2.07 bits per heavy atom. The number of hydrogen-bond acceptors (Lipinski definition) is 3. The van der Waals surface area contributed by atoms with Crippen LogP contribution in [0, 0.1) is 6.92 Å². The Balaban J connectivity index is 1.84. The third-order valence-corrected chi connectivity index (χ3v) is 4.74. The molecule has 0 N–H and O–H groups in total. The Kier molecular flexibility index (Phi) is 9.29. The van der Waals surface area contributed by atoms with E-state index in [-0.39, 0.29) is 5.97 Å². The standard InChI is InChI=1S/C25H31O4/c1-4-5-6-7-8-9-10-20(3)28-24(26)22-15-17-23(18-16-22)29-25(27)21-13-11-19(2)12-14-21/h11-18H,4-10H2,1-3H3/q+1. The summed E-state index contributed by atoms with van der Waals surface area (Å²) in [5.74, 6) is 0.314. The lowest BCUT2D eigenvalue weighted by atomic mass is 10.1. The van der Waals surface area contributed by atoms with E-state index >= 15 is 0 Å². The number of ether oxygens (including phenoxy) is 1. The molecule has 0 atom stereocenters. The summed E-state index contributed by atoms with van der Waals surface area (Å²) in [6, 6.07) is 13.6. The molecule has 2 rings (SSSR count). The zero-order chi connectivity index (χ0) is 21.1. The molecule has 0 heterocycles. The third-order valence-electron chi connectivity index (χ3n) is 4.74. The molecule has 2 aromatic rings. The number of benzene rings is 2. The van der Waals surface area contributed by atoms with E-state index in [1.165, 1.54) is 25.7 Å². The van der Waals surface area contributed by atoms with Crippen molar-refractivity contribution in [2.75, 3.05) is 0 Å². The molecule has 0 spiro atoms. The van der Waals surface area contributed by atoms with Crippen LogP contribution in [0.15, 0.2) is 48.5 Å². The summed E-state index contributed by atoms with van der Waals surface area (Å²) in [7, 11) is 0. The maximum atomic E-state index is 12.3. The normalized spacial score (nSPS) is 11.3. The van der Waals surface area contributed by atoms with Crippen LogP contribution in [-0.4, -0.2) is 17.7 Å². The van der Waals surface area contributed by atoms with E-state index in [4.69, 9.17) is 9.16 Å². The molecule has 0 bridgehead atoms. The average Bonchev–Trinajstić information content (AvgIpc) is 2.71. The molecule has 4 heteroatoms. The SMILES string of the molecule is CCCCCCCCC(C)=[O+]C(=O)c1ccc(OC(=O)c2ccc(C)cc2)cc1. The van der Waals surface area contributed by atoms with Crippen molar-refractivity contribution < 1.29 is 18.8 Å². The predicted molar refractivity (Wildman–Crippen MR) is 116 cm³/mol. The van der Waals surface area contributed by atoms with Gasteiger partial charge in [-0.3, -0.25) is 4.42 Å². The molecule has 0 unspecified atom stereocenters. The number of hydrogen-bond donors (Lipinski definition) is 0. The van der Waals surface area contributed by atoms with Gasteiger partial charge in [-0.1, -0.05) is 56.7 Å². The Hall–Kier alpha value is -2.75. The first-order chi connectivity index (χ1) is 14.0. The van der Waals surface area contributed by atoms with Gasteiger partial charge in [-0.15, -0.1) is 0 Å². The van der Waals surface area contributed by atoms with Crippen molar-refractivity contribution in [3.63, 3.8) is 0 Å². The number of aryl methyl sites for hydroxylation is 1. The van der Waals surface area contributed by atoms with E-state index in [9.17, 15) is 9.59 Å². The lowest BCUT2D eigenvalue weighted by molar-refractivity contribution is -0.347. The molecule has 0 radical (unpaired) electrons. The highest BCUT2D eigenvalue weighted by Crippen LogP contribution is 2.15. The zero-order valence-corrected chi connectivity index (χ0v) is 17.7. The predicted octanol–water partition coefficient (Wildman–Crippen LogP) is 6.23. The van der Waals surface area contributed by atoms with Crippen molar-refractivity contribution >= 4 is 17.7 Å². The number of carbonyl (C=O) groups excluding carboxylic acids is 3. The van der Waals surface area contributed by atoms with Crippen LogP contribution in [-0.2, 0) is 4.42 Å². The van der Waals surface area contributed by atoms with Crippen LogP contribution in [0.1, 0.15) is 85.1 Å². The Morgan fingerprint density at radius 2 is 1.41 bits per heavy atom. The fraction of sp³-hybridized carbons (Fsp3) is 0.400. The molecule has 2 aromatic carbocycles. The number of ketones is 1. The summed E-state index contributed by atoms with van der Waals surface area (Å²) in [5.41, 5.74) is 1.99. The molecule has 0 saturated heterocycles. The lowest BCUT2D eigenvalue weighted by Crippen LogP contribution is -2.09. The van der Waals surface area contributed by atoms with Crippen molar-refractivity contribution in [2.45, 2.75) is 65.7 Å². The minimum Gasteiger partial charge on any atom is -0.423 e. The first-order valence-electron chi connectivity index (χ1n) is 10.4. The monoisotopic (exact) mass is 395 g/mol. The molecule has 0 aromatic heterocycles. The van der Waals surface area contributed by atoms with E-state index in [1.807, 2.05) is 26.0 Å². The van der Waals surface area contributed by atoms with Gasteiger partial charge in [0.25, 0.3) is 0 Å². The average molecular weight is 396 g/mol. The molecule has 0 fully saturated rings. The molecule has 4 nitrogen and oxygen atoms in total. The van der Waals surface area contributed by atoms with Gasteiger partial charge in [-0.25, -0.2) is 4.79 Å². The highest BCUT2D eigenvalue weighted by molar-refractivity contribution is 5.92. The summed E-state index contributed by atoms with van der Waals surface area (Å²) in [5, 5.41) is 0. The molecule has 0 aliphatic carbocycles. The molecular formula is C25H31O4+. The summed E-state index contributed by atoms with van der Waals surface area (Å²) >= 11 is 0. The molecule has 29 heavy (non-hydrogen) atoms. The van der Waals surface area contributed by atoms with Gasteiger partial charge in [0.1, 0.15) is 11.3 Å². The van der Waals surface area contributed by atoms with Crippen molar-refractivity contribution in [3.05, 3.63) is 65.2 Å². The van der Waals surface area contributed by atoms with Crippen molar-refractivity contribution in [1.82, 2.24) is 0 Å². The van der Waals surface area contributed by atoms with Gasteiger partial charge < -0.3 is 4.74 Å². The second-order valence-electron chi connectivity index (χ2n) is 7.39. The topological polar surface area (TPSA) is 54.7 Å². The van der Waals surface area contributed by atoms with Crippen LogP contribution in [0.4, 0.5) is 0 Å². The minimum atomic E-state index is -0.427. The maximum Gasteiger partial charge on any atom is 0.612 e. The van der Waals surface area contributed by atoms with Crippen molar-refractivity contribution in [2.24, 2.45) is 0 Å². The van der Waals surface area contributed by atoms with E-state index in [2.05, 4.69) is 6.92 Å². The summed E-state index contributed by atoms with van der Waals surface area (Å²) in [4.78, 5) is 24.4. The second kappa shape index (κ2) is 11.9. The minimum absolute atomic E-state index is 0.384. The number of unbranched alkanes of at least 4 members (excludes halogenated alkanes) is 5. The lowest BCUT2D eigenvalue weighted by Gasteiger charge is -2.04. The smallest absolute Gasteiger partial charge is 0.423 e. The van der Waals surface area contributed by atoms with Crippen LogP contribution in [0.5, 0.6) is 5.75 Å². The Morgan fingerprint density at radius 1 is 0.828 bits per heavy atom. The summed E-state index contributed by atoms with van der Waals surface area (Å²) < 4.78 is 10.8. The van der Waals surface area contributed by atoms with Crippen molar-refractivity contribution in [1.29, 1.82) is 0 Å². The van der Waals surface area contributed by atoms with Crippen LogP contribution in [0.25, 0.3) is 0 Å². The Bertz CT molecular complexity index is 817. The Labute approximate surface area is 173 Å². The zero-order valence-electron chi connectivity index (χ0n) is 17.7. The highest BCUT2D eigenvalue weighted by Gasteiger charge is 2.19. The molecule has 154 valence electrons. The van der Waals surface area contributed by atoms with E-state index in [1.54, 1.807) is 36.4 Å². The van der Waals surface area contributed by atoms with Gasteiger partial charge in [-0.2, -0.15) is 0 Å². The van der Waals surface area contributed by atoms with Gasteiger partial charge in [0.2, 0.25) is 0 Å². The second-order valence-corrected chi connectivity index (χ2v) is 7.39. The molecule has 0 aliphatic rings. The van der Waals surface area contributed by atoms with Gasteiger partial charge in [0.15, 0.2) is 5.78 Å². The van der Waals surface area contributed by atoms with Gasteiger partial charge in [0.05, 0.1) is 10.4 Å². The number of rotatable bonds is 10. The largest absolute Gasteiger partial charge is 0.612 e. The van der Waals surface area contributed by atoms with Crippen molar-refractivity contribution in [3.8, 4) is 5.75 Å². The fourth-order valence-corrected chi connectivity index (χ4v) is 2.94. The van der Waals surface area contributed by atoms with Crippen LogP contribution < -0.4 is 4.74 Å². The number of esters is 1. The van der Waals surface area contributed by atoms with E-state index < -0.39 is 5.97 Å². The van der Waals surface area contributed by atoms with Crippen LogP contribution >= 0.6 is 0 Å². The quantitative estimate of drug-likeness (QED) is 0.207. The molecule has 0 aliphatic heterocycles. The highest BCUT2D eigenvalue weighted by atomic mass is 16.5. The summed E-state index contributed by atoms with van der Waals surface area (Å²) in [6.07, 6.45) is 8.03. The fourth-order valence-electron chi connectivity index (χ4n) is 2.94. The number of carbonyl (C=O) groups is 2. The van der Waals surface area contributed by atoms with E-state index in [0.717, 1.165) is 30.6 Å². The molecular weight excluding hydrogens is 364 g/mol. The van der Waals surface area contributed by atoms with Crippen LogP contribution in [0.2, 0.25) is 0 Å². The van der Waals surface area contributed by atoms with Gasteiger partial charge in [0, 0.05) is 13.3 Å². The van der Waals surface area contributed by atoms with Crippen LogP contribution in [0.3, 0.4) is 0 Å². The maximum absolute atomic E-state index is 12.3. The van der Waals surface area contributed by atoms with Gasteiger partial charge in [-0.05, 0) is 49.7 Å². The van der Waals surface area contributed by atoms with Gasteiger partial charge >= 0.3 is 11.9 Å². The third kappa shape index (κ3) is 8.02. The first kappa shape index (κ1) is 22.5. The first-order valence-corrected chi connectivity index (χ1v) is 10.4. The van der Waals surface area contributed by atoms with E-state index in [0.29, 0.717) is 16.9 Å². The molecule has 0 saturated carbocycles. The molecule has 0 amide bonds. The summed E-state index contributed by atoms with van der Waals surface area (Å²) in [6.45, 7) is 6.01.